The molecule has 0 saturated carbocycles. The first-order valence-corrected chi connectivity index (χ1v) is 6.85. The molecule has 0 aliphatic carbocycles. The number of ether oxygens (including phenoxy) is 1. The van der Waals surface area contributed by atoms with Crippen molar-refractivity contribution in [3.05, 3.63) is 15.9 Å². The Morgan fingerprint density at radius 2 is 2.18 bits per heavy atom. The van der Waals surface area contributed by atoms with Crippen molar-refractivity contribution in [3.8, 4) is 0 Å². The Labute approximate surface area is 111 Å². The summed E-state index contributed by atoms with van der Waals surface area (Å²) in [7, 11) is 1.90. The Hall–Kier alpha value is -0.390. The van der Waals surface area contributed by atoms with Crippen molar-refractivity contribution in [3.63, 3.8) is 0 Å². The minimum Gasteiger partial charge on any atom is -0.390 e. The Bertz CT molecular complexity index is 353. The second-order valence-corrected chi connectivity index (χ2v) is 4.91. The Balaban J connectivity index is 2.58. The van der Waals surface area contributed by atoms with Crippen LogP contribution in [0.4, 0.5) is 0 Å². The molecule has 0 amide bonds. The Kier molecular flexibility index (Phi) is 6.16. The number of aliphatic hydroxyl groups excluding tert-OH is 1. The molecule has 1 unspecified atom stereocenters. The van der Waals surface area contributed by atoms with Crippen molar-refractivity contribution in [1.29, 1.82) is 0 Å². The van der Waals surface area contributed by atoms with Gasteiger partial charge in [-0.3, -0.25) is 4.68 Å². The van der Waals surface area contributed by atoms with Crippen LogP contribution in [0.2, 0.25) is 0 Å². The highest BCUT2D eigenvalue weighted by Gasteiger charge is 2.16. The van der Waals surface area contributed by atoms with Crippen molar-refractivity contribution in [2.75, 3.05) is 13.2 Å². The van der Waals surface area contributed by atoms with Crippen LogP contribution in [0.3, 0.4) is 0 Å². The zero-order valence-electron chi connectivity index (χ0n) is 10.7. The predicted molar refractivity (Wildman–Crippen MR) is 71.1 cm³/mol. The van der Waals surface area contributed by atoms with E-state index in [2.05, 4.69) is 34.9 Å². The molecule has 1 aromatic heterocycles. The van der Waals surface area contributed by atoms with Crippen LogP contribution in [-0.2, 0) is 24.6 Å². The lowest BCUT2D eigenvalue weighted by molar-refractivity contribution is 0.0364. The van der Waals surface area contributed by atoms with Crippen molar-refractivity contribution in [2.24, 2.45) is 7.05 Å². The van der Waals surface area contributed by atoms with Gasteiger partial charge in [-0.05, 0) is 28.8 Å². The summed E-state index contributed by atoms with van der Waals surface area (Å²) in [5, 5.41) is 14.3. The fraction of sp³-hybridized carbons (Fsp3) is 0.750. The molecule has 0 spiro atoms. The van der Waals surface area contributed by atoms with Gasteiger partial charge in [0.25, 0.3) is 0 Å². The first kappa shape index (κ1) is 14.7. The smallest absolute Gasteiger partial charge is 0.0829 e. The summed E-state index contributed by atoms with van der Waals surface area (Å²) in [5.41, 5.74) is 2.05. The van der Waals surface area contributed by atoms with Gasteiger partial charge in [0, 0.05) is 20.1 Å². The molecule has 0 fully saturated rings. The summed E-state index contributed by atoms with van der Waals surface area (Å²) in [6, 6.07) is 0. The molecule has 0 radical (unpaired) electrons. The number of aromatic nitrogens is 2. The van der Waals surface area contributed by atoms with Crippen LogP contribution in [0.5, 0.6) is 0 Å². The van der Waals surface area contributed by atoms with Crippen LogP contribution in [0.15, 0.2) is 4.47 Å². The summed E-state index contributed by atoms with van der Waals surface area (Å²) >= 11 is 3.54. The minimum absolute atomic E-state index is 0.382. The van der Waals surface area contributed by atoms with Crippen molar-refractivity contribution < 1.29 is 9.84 Å². The summed E-state index contributed by atoms with van der Waals surface area (Å²) in [5.74, 6) is 0. The summed E-state index contributed by atoms with van der Waals surface area (Å²) in [6.07, 6.45) is 1.95. The maximum atomic E-state index is 9.87. The van der Waals surface area contributed by atoms with Gasteiger partial charge in [-0.15, -0.1) is 0 Å². The van der Waals surface area contributed by atoms with Gasteiger partial charge < -0.3 is 9.84 Å². The zero-order valence-corrected chi connectivity index (χ0v) is 12.3. The molecule has 1 heterocycles. The minimum atomic E-state index is -0.474. The van der Waals surface area contributed by atoms with E-state index >= 15 is 0 Å². The molecule has 1 aromatic rings. The highest BCUT2D eigenvalue weighted by Crippen LogP contribution is 2.22. The Morgan fingerprint density at radius 3 is 2.71 bits per heavy atom. The molecule has 0 aliphatic heterocycles. The molecular formula is C12H21BrN2O2. The van der Waals surface area contributed by atoms with Gasteiger partial charge in [0.1, 0.15) is 0 Å². The van der Waals surface area contributed by atoms with Crippen LogP contribution in [0.25, 0.3) is 0 Å². The molecule has 0 saturated heterocycles. The fourth-order valence-electron chi connectivity index (χ4n) is 1.69. The van der Waals surface area contributed by atoms with E-state index in [0.717, 1.165) is 28.7 Å². The quantitative estimate of drug-likeness (QED) is 0.785. The second-order valence-electron chi connectivity index (χ2n) is 4.12. The van der Waals surface area contributed by atoms with Gasteiger partial charge in [-0.25, -0.2) is 0 Å². The number of hydrogen-bond donors (Lipinski definition) is 1. The summed E-state index contributed by atoms with van der Waals surface area (Å²) in [4.78, 5) is 0. The average Bonchev–Trinajstić information content (AvgIpc) is 2.57. The first-order chi connectivity index (χ1) is 8.10. The summed E-state index contributed by atoms with van der Waals surface area (Å²) < 4.78 is 8.17. The molecule has 17 heavy (non-hydrogen) atoms. The molecule has 0 aromatic carbocycles. The van der Waals surface area contributed by atoms with Gasteiger partial charge in [-0.2, -0.15) is 5.10 Å². The lowest BCUT2D eigenvalue weighted by Crippen LogP contribution is -2.20. The van der Waals surface area contributed by atoms with Crippen molar-refractivity contribution in [2.45, 2.75) is 39.2 Å². The maximum absolute atomic E-state index is 9.87. The first-order valence-electron chi connectivity index (χ1n) is 6.06. The number of hydrogen-bond acceptors (Lipinski definition) is 3. The number of aryl methyl sites for hydroxylation is 2. The van der Waals surface area contributed by atoms with E-state index in [1.807, 2.05) is 11.7 Å². The van der Waals surface area contributed by atoms with Gasteiger partial charge in [0.2, 0.25) is 0 Å². The lowest BCUT2D eigenvalue weighted by atomic mass is 10.2. The van der Waals surface area contributed by atoms with Gasteiger partial charge in [-0.1, -0.05) is 13.8 Å². The van der Waals surface area contributed by atoms with E-state index in [-0.39, 0.29) is 0 Å². The largest absolute Gasteiger partial charge is 0.390 e. The number of rotatable bonds is 7. The molecule has 1 rings (SSSR count). The van der Waals surface area contributed by atoms with E-state index in [0.29, 0.717) is 19.6 Å². The molecular weight excluding hydrogens is 284 g/mol. The standard InChI is InChI=1S/C12H21BrN2O2/c1-4-6-17-8-9(16)7-11-12(13)10(5-2)14-15(11)3/h9,16H,4-8H2,1-3H3. The van der Waals surface area contributed by atoms with E-state index in [1.54, 1.807) is 0 Å². The monoisotopic (exact) mass is 304 g/mol. The molecule has 4 nitrogen and oxygen atoms in total. The third kappa shape index (κ3) is 4.08. The zero-order chi connectivity index (χ0) is 12.8. The van der Waals surface area contributed by atoms with Gasteiger partial charge >= 0.3 is 0 Å². The molecule has 1 atom stereocenters. The van der Waals surface area contributed by atoms with E-state index in [4.69, 9.17) is 4.74 Å². The van der Waals surface area contributed by atoms with Crippen LogP contribution in [0.1, 0.15) is 31.7 Å². The number of halogens is 1. The average molecular weight is 305 g/mol. The van der Waals surface area contributed by atoms with Crippen molar-refractivity contribution >= 4 is 15.9 Å². The van der Waals surface area contributed by atoms with E-state index < -0.39 is 6.10 Å². The highest BCUT2D eigenvalue weighted by atomic mass is 79.9. The fourth-order valence-corrected chi connectivity index (χ4v) is 2.47. The van der Waals surface area contributed by atoms with E-state index in [1.165, 1.54) is 0 Å². The topological polar surface area (TPSA) is 47.3 Å². The van der Waals surface area contributed by atoms with Crippen LogP contribution in [0, 0.1) is 0 Å². The van der Waals surface area contributed by atoms with Crippen LogP contribution < -0.4 is 0 Å². The number of aliphatic hydroxyl groups is 1. The van der Waals surface area contributed by atoms with Crippen LogP contribution in [-0.4, -0.2) is 34.2 Å². The highest BCUT2D eigenvalue weighted by molar-refractivity contribution is 9.10. The van der Waals surface area contributed by atoms with Crippen LogP contribution >= 0.6 is 15.9 Å². The molecule has 0 aliphatic rings. The predicted octanol–water partition coefficient (Wildman–Crippen LogP) is 2.08. The third-order valence-electron chi connectivity index (χ3n) is 2.59. The molecule has 98 valence electrons. The molecule has 1 N–H and O–H groups in total. The molecule has 5 heteroatoms. The maximum Gasteiger partial charge on any atom is 0.0829 e. The second kappa shape index (κ2) is 7.13. The Morgan fingerprint density at radius 1 is 1.47 bits per heavy atom. The van der Waals surface area contributed by atoms with Gasteiger partial charge in [0.15, 0.2) is 0 Å². The van der Waals surface area contributed by atoms with E-state index in [9.17, 15) is 5.11 Å². The lowest BCUT2D eigenvalue weighted by Gasteiger charge is -2.11. The third-order valence-corrected chi connectivity index (χ3v) is 3.51. The van der Waals surface area contributed by atoms with Gasteiger partial charge in [0.05, 0.1) is 28.6 Å². The SMILES string of the molecule is CCCOCC(O)Cc1c(Br)c(CC)nn1C. The normalized spacial score (nSPS) is 13.0. The molecule has 0 bridgehead atoms. The number of nitrogens with zero attached hydrogens (tertiary/aromatic N) is 2. The van der Waals surface area contributed by atoms with Crippen molar-refractivity contribution in [1.82, 2.24) is 9.78 Å². The summed E-state index contributed by atoms with van der Waals surface area (Å²) in [6.45, 7) is 5.20.